The number of benzene rings is 1. The Morgan fingerprint density at radius 3 is 2.55 bits per heavy atom. The average Bonchev–Trinajstić information content (AvgIpc) is 2.81. The van der Waals surface area contributed by atoms with Crippen molar-refractivity contribution in [1.29, 1.82) is 0 Å². The number of aryl methyl sites for hydroxylation is 2. The summed E-state index contributed by atoms with van der Waals surface area (Å²) in [4.78, 5) is 14.2. The summed E-state index contributed by atoms with van der Waals surface area (Å²) in [6.07, 6.45) is 0.514. The fourth-order valence-electron chi connectivity index (χ4n) is 2.77. The summed E-state index contributed by atoms with van der Waals surface area (Å²) in [5.41, 5.74) is 2.35. The van der Waals surface area contributed by atoms with Crippen molar-refractivity contribution >= 4 is 15.7 Å². The van der Waals surface area contributed by atoms with Gasteiger partial charge in [0.15, 0.2) is 9.84 Å². The summed E-state index contributed by atoms with van der Waals surface area (Å²) in [5.74, 6) is 0.870. The van der Waals surface area contributed by atoms with Crippen LogP contribution in [0.5, 0.6) is 5.75 Å². The van der Waals surface area contributed by atoms with Crippen molar-refractivity contribution in [2.75, 3.05) is 25.2 Å². The number of sulfone groups is 1. The minimum atomic E-state index is -3.00. The van der Waals surface area contributed by atoms with Crippen LogP contribution in [-0.4, -0.2) is 50.4 Å². The Morgan fingerprint density at radius 1 is 1.32 bits per heavy atom. The fraction of sp³-hybridized carbons (Fsp3) is 0.562. The van der Waals surface area contributed by atoms with Crippen LogP contribution in [-0.2, 0) is 9.84 Å². The van der Waals surface area contributed by atoms with Crippen molar-refractivity contribution in [3.05, 3.63) is 28.8 Å². The molecule has 1 unspecified atom stereocenters. The number of rotatable bonds is 4. The molecule has 0 radical (unpaired) electrons. The number of amides is 1. The van der Waals surface area contributed by atoms with Gasteiger partial charge in [-0.05, 0) is 50.5 Å². The molecular weight excluding hydrogens is 302 g/mol. The first kappa shape index (κ1) is 16.8. The lowest BCUT2D eigenvalue weighted by Crippen LogP contribution is -2.38. The predicted octanol–water partition coefficient (Wildman–Crippen LogP) is 1.96. The van der Waals surface area contributed by atoms with Gasteiger partial charge in [-0.1, -0.05) is 0 Å². The highest BCUT2D eigenvalue weighted by Gasteiger charge is 2.33. The molecule has 1 amide bonds. The first-order chi connectivity index (χ1) is 10.2. The first-order valence-corrected chi connectivity index (χ1v) is 9.29. The van der Waals surface area contributed by atoms with Crippen LogP contribution in [0, 0.1) is 13.8 Å². The van der Waals surface area contributed by atoms with Crippen LogP contribution in [0.4, 0.5) is 0 Å². The Balaban J connectivity index is 2.24. The van der Waals surface area contributed by atoms with Gasteiger partial charge in [0.25, 0.3) is 5.91 Å². The van der Waals surface area contributed by atoms with E-state index in [1.54, 1.807) is 11.9 Å². The van der Waals surface area contributed by atoms with Gasteiger partial charge in [-0.2, -0.15) is 0 Å². The van der Waals surface area contributed by atoms with Crippen LogP contribution in [0.3, 0.4) is 0 Å². The molecule has 0 aromatic heterocycles. The zero-order valence-corrected chi connectivity index (χ0v) is 14.4. The van der Waals surface area contributed by atoms with Crippen LogP contribution < -0.4 is 4.74 Å². The van der Waals surface area contributed by atoms with E-state index >= 15 is 0 Å². The molecule has 122 valence electrons. The summed E-state index contributed by atoms with van der Waals surface area (Å²) in [5, 5.41) is 0. The van der Waals surface area contributed by atoms with Gasteiger partial charge in [-0.15, -0.1) is 0 Å². The molecule has 0 aliphatic carbocycles. The molecular formula is C16H23NO4S. The molecule has 1 heterocycles. The molecule has 0 saturated carbocycles. The van der Waals surface area contributed by atoms with Crippen LogP contribution >= 0.6 is 0 Å². The highest BCUT2D eigenvalue weighted by Crippen LogP contribution is 2.25. The standard InChI is InChI=1S/C16H23NO4S/c1-5-21-15-9-11(2)14(8-12(15)3)16(18)17(4)13-6-7-22(19,20)10-13/h8-9,13H,5-7,10H2,1-4H3. The second kappa shape index (κ2) is 6.28. The van der Waals surface area contributed by atoms with Gasteiger partial charge in [0, 0.05) is 18.7 Å². The Hall–Kier alpha value is -1.56. The van der Waals surface area contributed by atoms with E-state index in [9.17, 15) is 13.2 Å². The SMILES string of the molecule is CCOc1cc(C)c(C(=O)N(C)C2CCS(=O)(=O)C2)cc1C. The molecule has 0 bridgehead atoms. The maximum absolute atomic E-state index is 12.7. The first-order valence-electron chi connectivity index (χ1n) is 7.46. The van der Waals surface area contributed by atoms with Crippen molar-refractivity contribution < 1.29 is 17.9 Å². The molecule has 6 heteroatoms. The summed E-state index contributed by atoms with van der Waals surface area (Å²) in [6.45, 7) is 6.27. The lowest BCUT2D eigenvalue weighted by molar-refractivity contribution is 0.0747. The van der Waals surface area contributed by atoms with Crippen molar-refractivity contribution in [2.45, 2.75) is 33.2 Å². The summed E-state index contributed by atoms with van der Waals surface area (Å²) in [6, 6.07) is 3.46. The molecule has 1 fully saturated rings. The largest absolute Gasteiger partial charge is 0.494 e. The zero-order valence-electron chi connectivity index (χ0n) is 13.5. The lowest BCUT2D eigenvalue weighted by Gasteiger charge is -2.24. The molecule has 1 aliphatic heterocycles. The van der Waals surface area contributed by atoms with E-state index < -0.39 is 9.84 Å². The third-order valence-corrected chi connectivity index (χ3v) is 5.88. The van der Waals surface area contributed by atoms with E-state index in [2.05, 4.69) is 0 Å². The number of carbonyl (C=O) groups is 1. The average molecular weight is 325 g/mol. The molecule has 1 saturated heterocycles. The molecule has 0 N–H and O–H groups in total. The molecule has 1 aromatic carbocycles. The van der Waals surface area contributed by atoms with E-state index in [1.165, 1.54) is 0 Å². The lowest BCUT2D eigenvalue weighted by atomic mass is 10.0. The minimum Gasteiger partial charge on any atom is -0.494 e. The number of hydrogen-bond donors (Lipinski definition) is 0. The highest BCUT2D eigenvalue weighted by atomic mass is 32.2. The maximum Gasteiger partial charge on any atom is 0.254 e. The Labute approximate surface area is 132 Å². The van der Waals surface area contributed by atoms with Crippen LogP contribution in [0.1, 0.15) is 34.8 Å². The van der Waals surface area contributed by atoms with Crippen molar-refractivity contribution in [2.24, 2.45) is 0 Å². The van der Waals surface area contributed by atoms with Crippen LogP contribution in [0.15, 0.2) is 12.1 Å². The van der Waals surface area contributed by atoms with E-state index in [0.29, 0.717) is 18.6 Å². The number of carbonyl (C=O) groups excluding carboxylic acids is 1. The third kappa shape index (κ3) is 3.43. The maximum atomic E-state index is 12.7. The smallest absolute Gasteiger partial charge is 0.254 e. The Bertz CT molecular complexity index is 682. The quantitative estimate of drug-likeness (QED) is 0.849. The van der Waals surface area contributed by atoms with Crippen LogP contribution in [0.25, 0.3) is 0 Å². The fourth-order valence-corrected chi connectivity index (χ4v) is 4.54. The summed E-state index contributed by atoms with van der Waals surface area (Å²) >= 11 is 0. The monoisotopic (exact) mass is 325 g/mol. The van der Waals surface area contributed by atoms with E-state index in [-0.39, 0.29) is 23.5 Å². The highest BCUT2D eigenvalue weighted by molar-refractivity contribution is 7.91. The molecule has 5 nitrogen and oxygen atoms in total. The van der Waals surface area contributed by atoms with E-state index in [4.69, 9.17) is 4.74 Å². The van der Waals surface area contributed by atoms with Gasteiger partial charge in [-0.3, -0.25) is 4.79 Å². The summed E-state index contributed by atoms with van der Waals surface area (Å²) in [7, 11) is -1.32. The Morgan fingerprint density at radius 2 is 2.00 bits per heavy atom. The number of ether oxygens (including phenoxy) is 1. The molecule has 1 aromatic rings. The number of nitrogens with zero attached hydrogens (tertiary/aromatic N) is 1. The van der Waals surface area contributed by atoms with Gasteiger partial charge < -0.3 is 9.64 Å². The van der Waals surface area contributed by atoms with Gasteiger partial charge >= 0.3 is 0 Å². The Kier molecular flexibility index (Phi) is 4.80. The third-order valence-electron chi connectivity index (χ3n) is 4.13. The van der Waals surface area contributed by atoms with Crippen LogP contribution in [0.2, 0.25) is 0 Å². The second-order valence-electron chi connectivity index (χ2n) is 5.84. The molecule has 0 spiro atoms. The van der Waals surface area contributed by atoms with E-state index in [0.717, 1.165) is 16.9 Å². The molecule has 1 atom stereocenters. The molecule has 1 aliphatic rings. The van der Waals surface area contributed by atoms with Crippen molar-refractivity contribution in [1.82, 2.24) is 4.90 Å². The molecule has 22 heavy (non-hydrogen) atoms. The van der Waals surface area contributed by atoms with Crippen molar-refractivity contribution in [3.8, 4) is 5.75 Å². The normalized spacial score (nSPS) is 19.9. The predicted molar refractivity (Wildman–Crippen MR) is 86.2 cm³/mol. The van der Waals surface area contributed by atoms with E-state index in [1.807, 2.05) is 32.9 Å². The van der Waals surface area contributed by atoms with Gasteiger partial charge in [-0.25, -0.2) is 8.42 Å². The number of hydrogen-bond acceptors (Lipinski definition) is 4. The zero-order chi connectivity index (χ0) is 16.5. The molecule has 2 rings (SSSR count). The summed E-state index contributed by atoms with van der Waals surface area (Å²) < 4.78 is 28.7. The topological polar surface area (TPSA) is 63.7 Å². The second-order valence-corrected chi connectivity index (χ2v) is 8.07. The van der Waals surface area contributed by atoms with Gasteiger partial charge in [0.2, 0.25) is 0 Å². The minimum absolute atomic E-state index is 0.0598. The van der Waals surface area contributed by atoms with Crippen molar-refractivity contribution in [3.63, 3.8) is 0 Å². The van der Waals surface area contributed by atoms with Gasteiger partial charge in [0.05, 0.1) is 18.1 Å². The van der Waals surface area contributed by atoms with Gasteiger partial charge in [0.1, 0.15) is 5.75 Å².